The van der Waals surface area contributed by atoms with Gasteiger partial charge in [0.2, 0.25) is 11.0 Å². The number of aryl methyl sites for hydroxylation is 1. The molecule has 32 heavy (non-hydrogen) atoms. The Morgan fingerprint density at radius 3 is 2.88 bits per heavy atom. The SMILES string of the molecule is C=CC(=O)OCCCn1c(O)c(C#N)c(C)c(N=Nc2nc(C)n(-c3nccs3)n2)c1=O. The largest absolute Gasteiger partial charge is 0.493 e. The van der Waals surface area contributed by atoms with Gasteiger partial charge in [-0.3, -0.25) is 9.36 Å². The number of hydrogen-bond donors (Lipinski definition) is 1. The van der Waals surface area contributed by atoms with Crippen molar-refractivity contribution in [1.82, 2.24) is 24.3 Å². The number of aromatic hydroxyl groups is 1. The lowest BCUT2D eigenvalue weighted by molar-refractivity contribution is -0.137. The summed E-state index contributed by atoms with van der Waals surface area (Å²) in [5.74, 6) is -0.560. The fourth-order valence-electron chi connectivity index (χ4n) is 2.73. The standard InChI is InChI=1S/C19H18N8O4S/c1-4-14(28)31-8-5-7-26-16(29)13(10-20)11(2)15(17(26)30)23-24-18-22-12(3)27(25-18)19-21-6-9-32-19/h4,6,9,29H,1,5,7-8H2,2-3H3. The molecular formula is C19H18N8O4S. The number of azo groups is 1. The molecule has 0 spiro atoms. The Balaban J connectivity index is 1.92. The first kappa shape index (κ1) is 22.5. The van der Waals surface area contributed by atoms with Gasteiger partial charge in [-0.1, -0.05) is 6.58 Å². The molecule has 0 bridgehead atoms. The van der Waals surface area contributed by atoms with Crippen LogP contribution in [0.25, 0.3) is 5.13 Å². The van der Waals surface area contributed by atoms with Crippen LogP contribution in [0.4, 0.5) is 11.6 Å². The van der Waals surface area contributed by atoms with E-state index in [1.54, 1.807) is 18.5 Å². The number of nitrogens with zero attached hydrogens (tertiary/aromatic N) is 8. The summed E-state index contributed by atoms with van der Waals surface area (Å²) in [6.45, 7) is 6.49. The van der Waals surface area contributed by atoms with Crippen molar-refractivity contribution in [1.29, 1.82) is 5.26 Å². The van der Waals surface area contributed by atoms with Gasteiger partial charge in [0.15, 0.2) is 5.69 Å². The molecule has 0 saturated heterocycles. The Kier molecular flexibility index (Phi) is 6.86. The van der Waals surface area contributed by atoms with Gasteiger partial charge in [-0.2, -0.15) is 14.9 Å². The van der Waals surface area contributed by atoms with E-state index in [1.807, 2.05) is 6.07 Å². The second kappa shape index (κ2) is 9.75. The average molecular weight is 454 g/mol. The van der Waals surface area contributed by atoms with Crippen LogP contribution in [0, 0.1) is 25.2 Å². The number of carbonyl (C=O) groups excluding carboxylic acids is 1. The number of hydrogen-bond acceptors (Lipinski definition) is 11. The second-order valence-corrected chi connectivity index (χ2v) is 7.22. The molecule has 3 aromatic heterocycles. The van der Waals surface area contributed by atoms with E-state index in [1.165, 1.54) is 22.9 Å². The summed E-state index contributed by atoms with van der Waals surface area (Å²) >= 11 is 1.37. The molecule has 0 saturated carbocycles. The lowest BCUT2D eigenvalue weighted by Crippen LogP contribution is -2.22. The van der Waals surface area contributed by atoms with Crippen molar-refractivity contribution in [3.05, 3.63) is 51.5 Å². The van der Waals surface area contributed by atoms with E-state index < -0.39 is 17.4 Å². The molecule has 3 aromatic rings. The van der Waals surface area contributed by atoms with Crippen molar-refractivity contribution in [2.24, 2.45) is 10.2 Å². The topological polar surface area (TPSA) is 161 Å². The quantitative estimate of drug-likeness (QED) is 0.235. The summed E-state index contributed by atoms with van der Waals surface area (Å²) < 4.78 is 7.34. The Morgan fingerprint density at radius 2 is 2.22 bits per heavy atom. The van der Waals surface area contributed by atoms with Crippen molar-refractivity contribution in [3.63, 3.8) is 0 Å². The second-order valence-electron chi connectivity index (χ2n) is 6.35. The summed E-state index contributed by atoms with van der Waals surface area (Å²) in [7, 11) is 0. The van der Waals surface area contributed by atoms with Crippen molar-refractivity contribution in [2.75, 3.05) is 6.61 Å². The third-order valence-corrected chi connectivity index (χ3v) is 5.05. The zero-order chi connectivity index (χ0) is 23.3. The van der Waals surface area contributed by atoms with Crippen LogP contribution in [0.2, 0.25) is 0 Å². The molecule has 0 aromatic carbocycles. The molecule has 0 amide bonds. The molecule has 13 heteroatoms. The summed E-state index contributed by atoms with van der Waals surface area (Å²) in [5.41, 5.74) is -0.734. The van der Waals surface area contributed by atoms with Gasteiger partial charge in [0.05, 0.1) is 6.61 Å². The Morgan fingerprint density at radius 1 is 1.44 bits per heavy atom. The molecule has 3 rings (SSSR count). The predicted molar refractivity (Wildman–Crippen MR) is 114 cm³/mol. The van der Waals surface area contributed by atoms with Gasteiger partial charge in [-0.05, 0) is 20.3 Å². The Labute approximate surface area is 185 Å². The highest BCUT2D eigenvalue weighted by molar-refractivity contribution is 7.12. The van der Waals surface area contributed by atoms with Gasteiger partial charge < -0.3 is 9.84 Å². The number of pyridine rings is 1. The number of aromatic nitrogens is 5. The molecule has 0 aliphatic carbocycles. The minimum absolute atomic E-state index is 0.000730. The van der Waals surface area contributed by atoms with Crippen molar-refractivity contribution < 1.29 is 14.6 Å². The van der Waals surface area contributed by atoms with Crippen molar-refractivity contribution in [3.8, 4) is 17.1 Å². The first-order chi connectivity index (χ1) is 15.4. The third-order valence-electron chi connectivity index (χ3n) is 4.30. The van der Waals surface area contributed by atoms with Gasteiger partial charge >= 0.3 is 5.97 Å². The van der Waals surface area contributed by atoms with Gasteiger partial charge in [0.25, 0.3) is 11.5 Å². The van der Waals surface area contributed by atoms with Gasteiger partial charge in [-0.15, -0.1) is 26.7 Å². The van der Waals surface area contributed by atoms with Crippen LogP contribution >= 0.6 is 11.3 Å². The van der Waals surface area contributed by atoms with E-state index >= 15 is 0 Å². The summed E-state index contributed by atoms with van der Waals surface area (Å²) in [6.07, 6.45) is 2.87. The molecule has 0 unspecified atom stereocenters. The highest BCUT2D eigenvalue weighted by Gasteiger charge is 2.19. The number of carbonyl (C=O) groups is 1. The van der Waals surface area contributed by atoms with Crippen LogP contribution in [0.1, 0.15) is 23.4 Å². The zero-order valence-electron chi connectivity index (χ0n) is 17.2. The Bertz CT molecular complexity index is 1280. The van der Waals surface area contributed by atoms with Crippen LogP contribution in [0.3, 0.4) is 0 Å². The highest BCUT2D eigenvalue weighted by Crippen LogP contribution is 2.26. The molecule has 0 aliphatic heterocycles. The zero-order valence-corrected chi connectivity index (χ0v) is 18.0. The fraction of sp³-hybridized carbons (Fsp3) is 0.263. The summed E-state index contributed by atoms with van der Waals surface area (Å²) in [5, 5.41) is 34.3. The van der Waals surface area contributed by atoms with Crippen LogP contribution in [0.15, 0.2) is 39.3 Å². The molecular weight excluding hydrogens is 436 g/mol. The van der Waals surface area contributed by atoms with Crippen molar-refractivity contribution in [2.45, 2.75) is 26.8 Å². The lowest BCUT2D eigenvalue weighted by atomic mass is 10.1. The number of ether oxygens (including phenoxy) is 1. The highest BCUT2D eigenvalue weighted by atomic mass is 32.1. The molecule has 0 atom stereocenters. The normalized spacial score (nSPS) is 10.9. The summed E-state index contributed by atoms with van der Waals surface area (Å²) in [4.78, 5) is 32.4. The average Bonchev–Trinajstić information content (AvgIpc) is 3.42. The fourth-order valence-corrected chi connectivity index (χ4v) is 3.37. The van der Waals surface area contributed by atoms with Gasteiger partial charge in [0, 0.05) is 29.8 Å². The van der Waals surface area contributed by atoms with Crippen LogP contribution in [0.5, 0.6) is 5.88 Å². The molecule has 164 valence electrons. The maximum Gasteiger partial charge on any atom is 0.330 e. The van der Waals surface area contributed by atoms with Gasteiger partial charge in [0.1, 0.15) is 17.5 Å². The van der Waals surface area contributed by atoms with E-state index in [9.17, 15) is 20.0 Å². The maximum absolute atomic E-state index is 12.9. The molecule has 0 aliphatic rings. The lowest BCUT2D eigenvalue weighted by Gasteiger charge is -2.12. The molecule has 3 heterocycles. The predicted octanol–water partition coefficient (Wildman–Crippen LogP) is 2.61. The smallest absolute Gasteiger partial charge is 0.330 e. The summed E-state index contributed by atoms with van der Waals surface area (Å²) in [6, 6.07) is 1.87. The van der Waals surface area contributed by atoms with Crippen molar-refractivity contribution >= 4 is 28.9 Å². The van der Waals surface area contributed by atoms with Gasteiger partial charge in [-0.25, -0.2) is 9.78 Å². The molecule has 0 radical (unpaired) electrons. The molecule has 0 fully saturated rings. The molecule has 1 N–H and O–H groups in total. The van der Waals surface area contributed by atoms with E-state index in [2.05, 4.69) is 31.9 Å². The minimum atomic E-state index is -0.658. The monoisotopic (exact) mass is 454 g/mol. The van der Waals surface area contributed by atoms with Crippen LogP contribution < -0.4 is 5.56 Å². The number of thiazole rings is 1. The first-order valence-corrected chi connectivity index (χ1v) is 10.2. The van der Waals surface area contributed by atoms with E-state index in [0.29, 0.717) is 11.0 Å². The third kappa shape index (κ3) is 4.60. The Hall–Kier alpha value is -4.18. The minimum Gasteiger partial charge on any atom is -0.493 e. The van der Waals surface area contributed by atoms with Crippen LogP contribution in [-0.4, -0.2) is 42.0 Å². The maximum atomic E-state index is 12.9. The van der Waals surface area contributed by atoms with E-state index in [0.717, 1.165) is 10.6 Å². The van der Waals surface area contributed by atoms with E-state index in [4.69, 9.17) is 4.74 Å². The number of rotatable bonds is 8. The number of nitriles is 1. The van der Waals surface area contributed by atoms with E-state index in [-0.39, 0.29) is 42.3 Å². The van der Waals surface area contributed by atoms with Crippen LogP contribution in [-0.2, 0) is 16.1 Å². The molecule has 12 nitrogen and oxygen atoms in total. The number of esters is 1. The first-order valence-electron chi connectivity index (χ1n) is 9.28.